The minimum atomic E-state index is 0. The third-order valence-electron chi connectivity index (χ3n) is 0. The van der Waals surface area contributed by atoms with Crippen molar-refractivity contribution >= 4 is 17.4 Å². The summed E-state index contributed by atoms with van der Waals surface area (Å²) < 4.78 is 0. The van der Waals surface area contributed by atoms with E-state index < -0.39 is 0 Å². The standard InChI is InChI=1S/Al.H4N2.3H2O/c;1-2;;;/h;1-2H2;3*1H2/q+3;;;;/p-3. The molecule has 0 atom stereocenters. The zero-order valence-electron chi connectivity index (χ0n) is 3.07. The average molecular weight is 110 g/mol. The number of nitrogens with two attached hydrogens (primary N) is 2. The largest absolute Gasteiger partial charge is 3.00 e. The van der Waals surface area contributed by atoms with Gasteiger partial charge in [-0.2, -0.15) is 0 Å². The first-order valence-corrected chi connectivity index (χ1v) is 0.333. The predicted octanol–water partition coefficient (Wildman–Crippen LogP) is -2.09. The molecule has 0 radical (unpaired) electrons. The summed E-state index contributed by atoms with van der Waals surface area (Å²) in [5.41, 5.74) is 0. The molecule has 0 aromatic heterocycles. The van der Waals surface area contributed by atoms with Gasteiger partial charge in [-0.25, -0.2) is 0 Å². The van der Waals surface area contributed by atoms with Crippen molar-refractivity contribution in [2.75, 3.05) is 0 Å². The van der Waals surface area contributed by atoms with Crippen LogP contribution in [0.5, 0.6) is 0 Å². The smallest absolute Gasteiger partial charge is 0.870 e. The number of hydrogen-bond acceptors (Lipinski definition) is 5. The molecule has 0 aliphatic carbocycles. The van der Waals surface area contributed by atoms with E-state index >= 15 is 0 Å². The Labute approximate surface area is 46.3 Å². The summed E-state index contributed by atoms with van der Waals surface area (Å²) in [6.45, 7) is 0. The normalized spacial score (nSPS) is 1.00. The fourth-order valence-electron chi connectivity index (χ4n) is 0. The molecule has 7 N–H and O–H groups in total. The van der Waals surface area contributed by atoms with Gasteiger partial charge in [0.1, 0.15) is 0 Å². The van der Waals surface area contributed by atoms with Gasteiger partial charge in [-0.3, -0.25) is 11.7 Å². The van der Waals surface area contributed by atoms with Crippen LogP contribution in [0.1, 0.15) is 0 Å². The molecule has 0 aromatic rings. The first-order chi connectivity index (χ1) is 1.00. The van der Waals surface area contributed by atoms with E-state index in [2.05, 4.69) is 11.7 Å². The second kappa shape index (κ2) is 906. The minimum Gasteiger partial charge on any atom is -0.870 e. The second-order valence-electron chi connectivity index (χ2n) is 0. The van der Waals surface area contributed by atoms with E-state index in [4.69, 9.17) is 0 Å². The number of hydrazine groups is 1. The molecule has 5 nitrogen and oxygen atoms in total. The van der Waals surface area contributed by atoms with Crippen molar-refractivity contribution in [3.63, 3.8) is 0 Å². The van der Waals surface area contributed by atoms with Gasteiger partial charge in [0.15, 0.2) is 0 Å². The number of rotatable bonds is 0. The summed E-state index contributed by atoms with van der Waals surface area (Å²) in [6.07, 6.45) is 0. The van der Waals surface area contributed by atoms with Crippen molar-refractivity contribution in [1.29, 1.82) is 0 Å². The van der Waals surface area contributed by atoms with Crippen molar-refractivity contribution in [1.82, 2.24) is 0 Å². The molecule has 0 aliphatic rings. The monoisotopic (exact) mass is 110 g/mol. The van der Waals surface area contributed by atoms with E-state index in [1.54, 1.807) is 0 Å². The Morgan fingerprint density at radius 3 is 0.667 bits per heavy atom. The summed E-state index contributed by atoms with van der Waals surface area (Å²) in [5.74, 6) is 8.00. The molecule has 0 rings (SSSR count). The molecule has 0 unspecified atom stereocenters. The van der Waals surface area contributed by atoms with Crippen molar-refractivity contribution in [3.8, 4) is 0 Å². The molecule has 38 valence electrons. The zero-order chi connectivity index (χ0) is 2.00. The zero-order valence-corrected chi connectivity index (χ0v) is 4.23. The quantitative estimate of drug-likeness (QED) is 0.209. The molecule has 0 bridgehead atoms. The Morgan fingerprint density at radius 1 is 0.667 bits per heavy atom. The van der Waals surface area contributed by atoms with E-state index in [0.29, 0.717) is 0 Å². The maximum atomic E-state index is 4.00. The fraction of sp³-hybridized carbons (Fsp3) is 0. The van der Waals surface area contributed by atoms with Crippen LogP contribution in [0.25, 0.3) is 0 Å². The Hall–Kier alpha value is 0.332. The van der Waals surface area contributed by atoms with E-state index in [0.717, 1.165) is 0 Å². The van der Waals surface area contributed by atoms with Crippen LogP contribution in [0.4, 0.5) is 0 Å². The van der Waals surface area contributed by atoms with Crippen LogP contribution >= 0.6 is 0 Å². The molecular weight excluding hydrogens is 103 g/mol. The molecule has 0 fully saturated rings. The van der Waals surface area contributed by atoms with Crippen LogP contribution in [0.2, 0.25) is 0 Å². The first kappa shape index (κ1) is 101. The first-order valence-electron chi connectivity index (χ1n) is 0.333. The van der Waals surface area contributed by atoms with E-state index in [9.17, 15) is 0 Å². The van der Waals surface area contributed by atoms with Gasteiger partial charge in [-0.05, 0) is 0 Å². The predicted molar refractivity (Wildman–Crippen MR) is 19.9 cm³/mol. The summed E-state index contributed by atoms with van der Waals surface area (Å²) in [4.78, 5) is 0. The van der Waals surface area contributed by atoms with E-state index in [-0.39, 0.29) is 33.8 Å². The van der Waals surface area contributed by atoms with Gasteiger partial charge in [0.2, 0.25) is 0 Å². The maximum Gasteiger partial charge on any atom is 3.00 e. The topological polar surface area (TPSA) is 142 Å². The van der Waals surface area contributed by atoms with Gasteiger partial charge in [0.25, 0.3) is 0 Å². The van der Waals surface area contributed by atoms with Gasteiger partial charge in [-0.1, -0.05) is 0 Å². The van der Waals surface area contributed by atoms with Crippen LogP contribution < -0.4 is 11.7 Å². The Morgan fingerprint density at radius 2 is 0.667 bits per heavy atom. The maximum absolute atomic E-state index is 4.00. The summed E-state index contributed by atoms with van der Waals surface area (Å²) in [6, 6.07) is 0. The van der Waals surface area contributed by atoms with Gasteiger partial charge < -0.3 is 16.4 Å². The molecule has 0 aliphatic heterocycles. The van der Waals surface area contributed by atoms with E-state index in [1.807, 2.05) is 0 Å². The van der Waals surface area contributed by atoms with Gasteiger partial charge in [0.05, 0.1) is 0 Å². The van der Waals surface area contributed by atoms with Crippen LogP contribution in [0, 0.1) is 0 Å². The molecule has 0 amide bonds. The van der Waals surface area contributed by atoms with Crippen molar-refractivity contribution in [3.05, 3.63) is 0 Å². The third kappa shape index (κ3) is 435. The SMILES string of the molecule is NN.[Al+3].[OH-].[OH-].[OH-]. The Balaban J connectivity index is -0.000000000833. The van der Waals surface area contributed by atoms with Crippen LogP contribution in [-0.4, -0.2) is 33.8 Å². The van der Waals surface area contributed by atoms with Gasteiger partial charge in [-0.15, -0.1) is 0 Å². The third-order valence-corrected chi connectivity index (χ3v) is 0. The minimum absolute atomic E-state index is 0. The van der Waals surface area contributed by atoms with Crippen molar-refractivity contribution < 1.29 is 16.4 Å². The van der Waals surface area contributed by atoms with Crippen LogP contribution in [-0.2, 0) is 0 Å². The van der Waals surface area contributed by atoms with E-state index in [1.165, 1.54) is 0 Å². The Kier molecular flexibility index (Phi) is 15300. The van der Waals surface area contributed by atoms with Crippen LogP contribution in [0.3, 0.4) is 0 Å². The molecule has 6 heteroatoms. The molecule has 0 saturated carbocycles. The summed E-state index contributed by atoms with van der Waals surface area (Å²) >= 11 is 0. The van der Waals surface area contributed by atoms with Crippen molar-refractivity contribution in [2.24, 2.45) is 11.7 Å². The number of hydrogen-bond donors (Lipinski definition) is 2. The Bertz CT molecular complexity index is 8.75. The second-order valence-corrected chi connectivity index (χ2v) is 0. The summed E-state index contributed by atoms with van der Waals surface area (Å²) in [7, 11) is 0. The summed E-state index contributed by atoms with van der Waals surface area (Å²) in [5, 5.41) is 0. The molecule has 6 heavy (non-hydrogen) atoms. The molecule has 0 aromatic carbocycles. The fourth-order valence-corrected chi connectivity index (χ4v) is 0. The van der Waals surface area contributed by atoms with Gasteiger partial charge in [0, 0.05) is 0 Å². The molecule has 0 heterocycles. The molecule has 0 spiro atoms. The van der Waals surface area contributed by atoms with Crippen LogP contribution in [0.15, 0.2) is 0 Å². The average Bonchev–Trinajstić information content (AvgIpc) is 1.00. The molecular formula is H7AlN2O3. The van der Waals surface area contributed by atoms with Gasteiger partial charge >= 0.3 is 17.4 Å². The van der Waals surface area contributed by atoms with Crippen molar-refractivity contribution in [2.45, 2.75) is 0 Å². The molecule has 0 saturated heterocycles.